The molecule has 2 rings (SSSR count). The minimum Gasteiger partial charge on any atom is -0.383 e. The van der Waals surface area contributed by atoms with E-state index in [1.54, 1.807) is 18.6 Å². The van der Waals surface area contributed by atoms with Crippen molar-refractivity contribution in [1.29, 1.82) is 0 Å². The molecule has 0 radical (unpaired) electrons. The van der Waals surface area contributed by atoms with Crippen LogP contribution in [0.4, 0.5) is 0 Å². The maximum atomic E-state index is 12.1. The number of imidazole rings is 1. The van der Waals surface area contributed by atoms with Crippen LogP contribution in [0.15, 0.2) is 12.1 Å². The lowest BCUT2D eigenvalue weighted by molar-refractivity contribution is -0.124. The molecule has 20 heavy (non-hydrogen) atoms. The zero-order chi connectivity index (χ0) is 14.7. The van der Waals surface area contributed by atoms with Crippen LogP contribution in [0.2, 0.25) is 0 Å². The Balaban J connectivity index is 2.31. The number of carbonyl (C=O) groups excluding carboxylic acids is 1. The molecule has 0 spiro atoms. The number of hydrogen-bond acceptors (Lipinski definition) is 4. The summed E-state index contributed by atoms with van der Waals surface area (Å²) in [5.41, 5.74) is 2.41. The maximum Gasteiger partial charge on any atom is 0.243 e. The van der Waals surface area contributed by atoms with Crippen LogP contribution >= 0.6 is 12.2 Å². The number of carbonyl (C=O) groups is 1. The Morgan fingerprint density at radius 3 is 3.05 bits per heavy atom. The quantitative estimate of drug-likeness (QED) is 0.650. The van der Waals surface area contributed by atoms with Crippen LogP contribution in [0.5, 0.6) is 0 Å². The van der Waals surface area contributed by atoms with Gasteiger partial charge < -0.3 is 15.0 Å². The smallest absolute Gasteiger partial charge is 0.243 e. The molecule has 1 amide bonds. The minimum absolute atomic E-state index is 0.109. The van der Waals surface area contributed by atoms with Gasteiger partial charge in [-0.25, -0.2) is 4.98 Å². The zero-order valence-corrected chi connectivity index (χ0v) is 12.6. The van der Waals surface area contributed by atoms with Crippen LogP contribution in [0.1, 0.15) is 18.7 Å². The number of rotatable bonds is 5. The van der Waals surface area contributed by atoms with Crippen LogP contribution in [0.25, 0.3) is 11.2 Å². The highest BCUT2D eigenvalue weighted by molar-refractivity contribution is 7.71. The molecular weight excluding hydrogens is 276 g/mol. The van der Waals surface area contributed by atoms with Crippen molar-refractivity contribution in [3.63, 3.8) is 0 Å². The first-order valence-electron chi connectivity index (χ1n) is 6.39. The van der Waals surface area contributed by atoms with E-state index < -0.39 is 6.04 Å². The number of aromatic nitrogens is 3. The van der Waals surface area contributed by atoms with E-state index in [0.29, 0.717) is 23.6 Å². The third-order valence-corrected chi connectivity index (χ3v) is 3.37. The largest absolute Gasteiger partial charge is 0.383 e. The molecular formula is C13H18N4O2S. The van der Waals surface area contributed by atoms with Gasteiger partial charge >= 0.3 is 0 Å². The van der Waals surface area contributed by atoms with E-state index in [9.17, 15) is 4.79 Å². The maximum absolute atomic E-state index is 12.1. The molecule has 0 saturated carbocycles. The zero-order valence-electron chi connectivity index (χ0n) is 11.8. The van der Waals surface area contributed by atoms with Crippen molar-refractivity contribution in [3.05, 3.63) is 22.6 Å². The highest BCUT2D eigenvalue weighted by Gasteiger charge is 2.18. The molecule has 1 unspecified atom stereocenters. The van der Waals surface area contributed by atoms with Gasteiger partial charge in [0.05, 0.1) is 12.1 Å². The van der Waals surface area contributed by atoms with E-state index in [1.165, 1.54) is 0 Å². The lowest BCUT2D eigenvalue weighted by atomic mass is 10.3. The van der Waals surface area contributed by atoms with E-state index in [2.05, 4.69) is 15.3 Å². The lowest BCUT2D eigenvalue weighted by Gasteiger charge is -2.14. The Labute approximate surface area is 122 Å². The molecule has 108 valence electrons. The number of nitrogens with zero attached hydrogens (tertiary/aromatic N) is 2. The number of methoxy groups -OCH3 is 1. The van der Waals surface area contributed by atoms with Gasteiger partial charge in [-0.05, 0) is 38.2 Å². The van der Waals surface area contributed by atoms with Crippen molar-refractivity contribution < 1.29 is 9.53 Å². The summed E-state index contributed by atoms with van der Waals surface area (Å²) in [4.78, 5) is 19.6. The second kappa shape index (κ2) is 6.15. The van der Waals surface area contributed by atoms with Gasteiger partial charge in [-0.2, -0.15) is 0 Å². The average Bonchev–Trinajstić information content (AvgIpc) is 2.73. The molecule has 0 bridgehead atoms. The molecule has 2 heterocycles. The molecule has 0 aliphatic heterocycles. The molecule has 6 nitrogen and oxygen atoms in total. The van der Waals surface area contributed by atoms with Crippen LogP contribution in [0.3, 0.4) is 0 Å². The van der Waals surface area contributed by atoms with Crippen molar-refractivity contribution in [2.45, 2.75) is 19.9 Å². The number of aryl methyl sites for hydroxylation is 1. The molecule has 2 N–H and O–H groups in total. The van der Waals surface area contributed by atoms with Crippen molar-refractivity contribution in [2.24, 2.45) is 0 Å². The fourth-order valence-corrected chi connectivity index (χ4v) is 2.35. The Hall–Kier alpha value is -1.73. The topological polar surface area (TPSA) is 71.9 Å². The van der Waals surface area contributed by atoms with Gasteiger partial charge in [0.15, 0.2) is 10.4 Å². The molecule has 7 heteroatoms. The third-order valence-electron chi connectivity index (χ3n) is 3.08. The van der Waals surface area contributed by atoms with Crippen molar-refractivity contribution in [1.82, 2.24) is 19.9 Å². The fraction of sp³-hybridized carbons (Fsp3) is 0.462. The Bertz CT molecular complexity index is 677. The number of hydrogen-bond donors (Lipinski definition) is 2. The highest BCUT2D eigenvalue weighted by atomic mass is 32.1. The summed E-state index contributed by atoms with van der Waals surface area (Å²) in [6.07, 6.45) is 0. The van der Waals surface area contributed by atoms with Gasteiger partial charge in [-0.15, -0.1) is 0 Å². The van der Waals surface area contributed by atoms with Crippen LogP contribution in [-0.2, 0) is 9.53 Å². The second-order valence-corrected chi connectivity index (χ2v) is 4.97. The van der Waals surface area contributed by atoms with Gasteiger partial charge in [-0.1, -0.05) is 0 Å². The second-order valence-electron chi connectivity index (χ2n) is 4.58. The number of nitrogens with one attached hydrogen (secondary N) is 2. The highest BCUT2D eigenvalue weighted by Crippen LogP contribution is 2.17. The summed E-state index contributed by atoms with van der Waals surface area (Å²) in [6.45, 7) is 4.66. The average molecular weight is 294 g/mol. The number of H-pyrrole nitrogens is 1. The molecule has 0 fully saturated rings. The van der Waals surface area contributed by atoms with E-state index in [4.69, 9.17) is 17.0 Å². The summed E-state index contributed by atoms with van der Waals surface area (Å²) in [7, 11) is 1.60. The summed E-state index contributed by atoms with van der Waals surface area (Å²) in [5, 5.41) is 2.81. The Morgan fingerprint density at radius 1 is 1.60 bits per heavy atom. The summed E-state index contributed by atoms with van der Waals surface area (Å²) in [6, 6.07) is 3.39. The van der Waals surface area contributed by atoms with E-state index in [0.717, 1.165) is 11.2 Å². The van der Waals surface area contributed by atoms with Crippen molar-refractivity contribution in [2.75, 3.05) is 20.3 Å². The fourth-order valence-electron chi connectivity index (χ4n) is 2.00. The normalized spacial score (nSPS) is 12.6. The molecule has 2 aromatic rings. The van der Waals surface area contributed by atoms with Crippen LogP contribution < -0.4 is 5.32 Å². The standard InChI is InChI=1S/C13H18N4O2S/c1-8-4-5-10-11(15-8)17(13(20)16-10)9(2)12(18)14-6-7-19-3/h4-5,9H,6-7H2,1-3H3,(H,14,18)(H,16,20). The molecule has 0 saturated heterocycles. The number of pyridine rings is 1. The first-order chi connectivity index (χ1) is 9.54. The predicted octanol–water partition coefficient (Wildman–Crippen LogP) is 1.73. The van der Waals surface area contributed by atoms with Crippen molar-refractivity contribution in [3.8, 4) is 0 Å². The van der Waals surface area contributed by atoms with Crippen molar-refractivity contribution >= 4 is 29.3 Å². The number of aromatic amines is 1. The van der Waals surface area contributed by atoms with E-state index in [-0.39, 0.29) is 5.91 Å². The first-order valence-corrected chi connectivity index (χ1v) is 6.80. The molecule has 0 aliphatic rings. The summed E-state index contributed by atoms with van der Waals surface area (Å²) >= 11 is 5.29. The van der Waals surface area contributed by atoms with Gasteiger partial charge in [0.25, 0.3) is 0 Å². The van der Waals surface area contributed by atoms with E-state index >= 15 is 0 Å². The van der Waals surface area contributed by atoms with Gasteiger partial charge in [0.2, 0.25) is 5.91 Å². The van der Waals surface area contributed by atoms with Gasteiger partial charge in [0.1, 0.15) is 6.04 Å². The molecule has 0 aliphatic carbocycles. The number of amides is 1. The Morgan fingerprint density at radius 2 is 2.35 bits per heavy atom. The van der Waals surface area contributed by atoms with Crippen LogP contribution in [-0.4, -0.2) is 40.7 Å². The first kappa shape index (κ1) is 14.7. The number of fused-ring (bicyclic) bond motifs is 1. The van der Waals surface area contributed by atoms with Crippen LogP contribution in [0, 0.1) is 11.7 Å². The SMILES string of the molecule is COCCNC(=O)C(C)n1c(=S)[nH]c2ccc(C)nc21. The van der Waals surface area contributed by atoms with E-state index in [1.807, 2.05) is 19.1 Å². The molecule has 1 atom stereocenters. The summed E-state index contributed by atoms with van der Waals surface area (Å²) < 4.78 is 7.14. The predicted molar refractivity (Wildman–Crippen MR) is 79.3 cm³/mol. The summed E-state index contributed by atoms with van der Waals surface area (Å²) in [5.74, 6) is -0.109. The lowest BCUT2D eigenvalue weighted by Crippen LogP contribution is -2.33. The monoisotopic (exact) mass is 294 g/mol. The third kappa shape index (κ3) is 2.88. The Kier molecular flexibility index (Phi) is 4.51. The van der Waals surface area contributed by atoms with Gasteiger partial charge in [-0.3, -0.25) is 9.36 Å². The molecule has 0 aromatic carbocycles. The number of ether oxygens (including phenoxy) is 1. The van der Waals surface area contributed by atoms with Gasteiger partial charge in [0, 0.05) is 19.3 Å². The molecule has 2 aromatic heterocycles. The minimum atomic E-state index is -0.428.